The number of anilines is 1. The average molecular weight is 491 g/mol. The molecular formula is C21H16BrFN2O4S. The lowest BCUT2D eigenvalue weighted by Crippen LogP contribution is -2.38. The molecule has 0 aromatic heterocycles. The first kappa shape index (κ1) is 20.5. The van der Waals surface area contributed by atoms with Gasteiger partial charge in [-0.05, 0) is 54.3 Å². The fourth-order valence-corrected chi connectivity index (χ4v) is 6.23. The van der Waals surface area contributed by atoms with E-state index < -0.39 is 37.4 Å². The third kappa shape index (κ3) is 3.48. The van der Waals surface area contributed by atoms with E-state index in [0.29, 0.717) is 24.1 Å². The summed E-state index contributed by atoms with van der Waals surface area (Å²) in [4.78, 5) is 10.4. The molecule has 0 bridgehead atoms. The quantitative estimate of drug-likeness (QED) is 0.363. The lowest BCUT2D eigenvalue weighted by Gasteiger charge is -2.38. The molecule has 1 aliphatic rings. The molecule has 0 amide bonds. The molecule has 1 aliphatic heterocycles. The van der Waals surface area contributed by atoms with Crippen molar-refractivity contribution in [3.8, 4) is 0 Å². The van der Waals surface area contributed by atoms with E-state index in [9.17, 15) is 22.9 Å². The second-order valence-corrected chi connectivity index (χ2v) is 9.51. The van der Waals surface area contributed by atoms with Gasteiger partial charge in [0.1, 0.15) is 5.82 Å². The van der Waals surface area contributed by atoms with E-state index in [1.54, 1.807) is 18.2 Å². The van der Waals surface area contributed by atoms with E-state index in [4.69, 9.17) is 0 Å². The first-order valence-electron chi connectivity index (χ1n) is 9.11. The first-order chi connectivity index (χ1) is 14.3. The van der Waals surface area contributed by atoms with Crippen LogP contribution in [0.1, 0.15) is 23.6 Å². The van der Waals surface area contributed by atoms with Crippen LogP contribution in [0, 0.1) is 15.9 Å². The van der Waals surface area contributed by atoms with Crippen LogP contribution in [-0.4, -0.2) is 13.3 Å². The number of para-hydroxylation sites is 1. The number of nitrogens with zero attached hydrogens (tertiary/aromatic N) is 2. The van der Waals surface area contributed by atoms with Crippen molar-refractivity contribution in [3.05, 3.63) is 98.3 Å². The number of nitro benzene ring substituents is 1. The number of benzene rings is 3. The maximum absolute atomic E-state index is 13.9. The molecular weight excluding hydrogens is 475 g/mol. The molecule has 3 aromatic carbocycles. The zero-order chi connectivity index (χ0) is 21.5. The maximum atomic E-state index is 13.9. The molecule has 6 nitrogen and oxygen atoms in total. The molecule has 0 saturated heterocycles. The lowest BCUT2D eigenvalue weighted by atomic mass is 9.93. The van der Waals surface area contributed by atoms with Gasteiger partial charge >= 0.3 is 0 Å². The van der Waals surface area contributed by atoms with Gasteiger partial charge in [-0.25, -0.2) is 12.8 Å². The number of nitro groups is 1. The fraction of sp³-hybridized carbons (Fsp3) is 0.143. The Morgan fingerprint density at radius 1 is 1.07 bits per heavy atom. The molecule has 3 aromatic rings. The highest BCUT2D eigenvalue weighted by molar-refractivity contribution is 9.10. The predicted octanol–water partition coefficient (Wildman–Crippen LogP) is 5.38. The number of rotatable bonds is 4. The highest BCUT2D eigenvalue weighted by Gasteiger charge is 2.40. The van der Waals surface area contributed by atoms with Crippen LogP contribution < -0.4 is 4.31 Å². The molecule has 1 atom stereocenters. The van der Waals surface area contributed by atoms with Crippen molar-refractivity contribution >= 4 is 37.3 Å². The highest BCUT2D eigenvalue weighted by atomic mass is 79.9. The molecule has 9 heteroatoms. The SMILES string of the molecule is O=[N+]([O-])c1ccccc1S(=O)(=O)N1c2cccc(Br)c2CCC1c1cccc(F)c1. The summed E-state index contributed by atoms with van der Waals surface area (Å²) < 4.78 is 43.4. The van der Waals surface area contributed by atoms with Crippen LogP contribution in [0.4, 0.5) is 15.8 Å². The van der Waals surface area contributed by atoms with E-state index in [1.807, 2.05) is 6.07 Å². The molecule has 0 aliphatic carbocycles. The van der Waals surface area contributed by atoms with Gasteiger partial charge in [0.2, 0.25) is 0 Å². The Morgan fingerprint density at radius 3 is 2.53 bits per heavy atom. The molecule has 1 unspecified atom stereocenters. The van der Waals surface area contributed by atoms with Crippen LogP contribution in [0.5, 0.6) is 0 Å². The average Bonchev–Trinajstić information content (AvgIpc) is 2.73. The van der Waals surface area contributed by atoms with E-state index in [-0.39, 0.29) is 0 Å². The van der Waals surface area contributed by atoms with Crippen LogP contribution in [0.15, 0.2) is 76.1 Å². The number of hydrogen-bond donors (Lipinski definition) is 0. The van der Waals surface area contributed by atoms with E-state index in [0.717, 1.165) is 16.1 Å². The minimum atomic E-state index is -4.33. The standard InChI is InChI=1S/C21H16BrFN2O4S/c22-17-7-4-9-19-16(17)11-12-18(14-5-3-6-15(23)13-14)24(19)30(28,29)21-10-2-1-8-20(21)25(26)27/h1-10,13,18H,11-12H2. The van der Waals surface area contributed by atoms with Gasteiger partial charge in [-0.2, -0.15) is 0 Å². The number of halogens is 2. The van der Waals surface area contributed by atoms with Crippen molar-refractivity contribution in [2.45, 2.75) is 23.8 Å². The lowest BCUT2D eigenvalue weighted by molar-refractivity contribution is -0.387. The predicted molar refractivity (Wildman–Crippen MR) is 114 cm³/mol. The molecule has 154 valence electrons. The van der Waals surface area contributed by atoms with Crippen molar-refractivity contribution in [3.63, 3.8) is 0 Å². The molecule has 0 N–H and O–H groups in total. The Balaban J connectivity index is 1.97. The monoisotopic (exact) mass is 490 g/mol. The van der Waals surface area contributed by atoms with Crippen LogP contribution in [0.2, 0.25) is 0 Å². The largest absolute Gasteiger partial charge is 0.289 e. The Morgan fingerprint density at radius 2 is 1.80 bits per heavy atom. The zero-order valence-corrected chi connectivity index (χ0v) is 17.9. The van der Waals surface area contributed by atoms with Gasteiger partial charge in [0, 0.05) is 10.5 Å². The summed E-state index contributed by atoms with van der Waals surface area (Å²) in [6.07, 6.45) is 0.972. The molecule has 0 fully saturated rings. The van der Waals surface area contributed by atoms with E-state index >= 15 is 0 Å². The highest BCUT2D eigenvalue weighted by Crippen LogP contribution is 2.45. The maximum Gasteiger partial charge on any atom is 0.289 e. The fourth-order valence-electron chi connectivity index (χ4n) is 3.81. The molecule has 0 saturated carbocycles. The second-order valence-electron chi connectivity index (χ2n) is 6.87. The van der Waals surface area contributed by atoms with E-state index in [2.05, 4.69) is 15.9 Å². The topological polar surface area (TPSA) is 80.5 Å². The molecule has 0 radical (unpaired) electrons. The molecule has 1 heterocycles. The normalized spacial score (nSPS) is 16.2. The van der Waals surface area contributed by atoms with Crippen molar-refractivity contribution in [1.29, 1.82) is 0 Å². The van der Waals surface area contributed by atoms with Gasteiger partial charge in [-0.1, -0.05) is 46.3 Å². The third-order valence-corrected chi connectivity index (χ3v) is 7.73. The zero-order valence-electron chi connectivity index (χ0n) is 15.5. The smallest absolute Gasteiger partial charge is 0.258 e. The van der Waals surface area contributed by atoms with Crippen LogP contribution in [0.3, 0.4) is 0 Å². The van der Waals surface area contributed by atoms with Crippen molar-refractivity contribution in [2.75, 3.05) is 4.31 Å². The van der Waals surface area contributed by atoms with Crippen molar-refractivity contribution in [2.24, 2.45) is 0 Å². The number of hydrogen-bond acceptors (Lipinski definition) is 4. The van der Waals surface area contributed by atoms with Crippen LogP contribution >= 0.6 is 15.9 Å². The van der Waals surface area contributed by atoms with Crippen LogP contribution in [-0.2, 0) is 16.4 Å². The Bertz CT molecular complexity index is 1250. The van der Waals surface area contributed by atoms with Crippen molar-refractivity contribution < 1.29 is 17.7 Å². The summed E-state index contributed by atoms with van der Waals surface area (Å²) >= 11 is 3.47. The van der Waals surface area contributed by atoms with Crippen molar-refractivity contribution in [1.82, 2.24) is 0 Å². The molecule has 4 rings (SSSR count). The minimum absolute atomic E-state index is 0.399. The Hall–Kier alpha value is -2.78. The number of fused-ring (bicyclic) bond motifs is 1. The van der Waals surface area contributed by atoms with Gasteiger partial charge in [0.15, 0.2) is 4.90 Å². The van der Waals surface area contributed by atoms with Gasteiger partial charge < -0.3 is 0 Å². The summed E-state index contributed by atoms with van der Waals surface area (Å²) in [5, 5.41) is 11.5. The molecule has 30 heavy (non-hydrogen) atoms. The summed E-state index contributed by atoms with van der Waals surface area (Å²) in [6.45, 7) is 0. The summed E-state index contributed by atoms with van der Waals surface area (Å²) in [6, 6.07) is 15.5. The van der Waals surface area contributed by atoms with Crippen LogP contribution in [0.25, 0.3) is 0 Å². The van der Waals surface area contributed by atoms with Gasteiger partial charge in [0.25, 0.3) is 15.7 Å². The summed E-state index contributed by atoms with van der Waals surface area (Å²) in [5.41, 5.74) is 1.19. The Kier molecular flexibility index (Phi) is 5.33. The third-order valence-electron chi connectivity index (χ3n) is 5.11. The molecule has 0 spiro atoms. The summed E-state index contributed by atoms with van der Waals surface area (Å²) in [7, 11) is -4.33. The second kappa shape index (κ2) is 7.81. The number of sulfonamides is 1. The van der Waals surface area contributed by atoms with Gasteiger partial charge in [-0.15, -0.1) is 0 Å². The van der Waals surface area contributed by atoms with E-state index in [1.165, 1.54) is 40.7 Å². The van der Waals surface area contributed by atoms with Gasteiger partial charge in [0.05, 0.1) is 16.7 Å². The Labute approximate surface area is 181 Å². The van der Waals surface area contributed by atoms with Gasteiger partial charge in [-0.3, -0.25) is 14.4 Å². The minimum Gasteiger partial charge on any atom is -0.258 e. The first-order valence-corrected chi connectivity index (χ1v) is 11.3. The summed E-state index contributed by atoms with van der Waals surface area (Å²) in [5.74, 6) is -0.476.